The summed E-state index contributed by atoms with van der Waals surface area (Å²) in [7, 11) is 0. The quantitative estimate of drug-likeness (QED) is 0.771. The molecule has 0 amide bonds. The average Bonchev–Trinajstić information content (AvgIpc) is 2.40. The fourth-order valence-corrected chi connectivity index (χ4v) is 2.58. The van der Waals surface area contributed by atoms with Gasteiger partial charge in [0, 0.05) is 6.07 Å². The molecule has 0 aliphatic heterocycles. The van der Waals surface area contributed by atoms with Crippen molar-refractivity contribution in [3.05, 3.63) is 17.8 Å². The van der Waals surface area contributed by atoms with Gasteiger partial charge in [-0.1, -0.05) is 13.3 Å². The molecule has 1 aliphatic rings. The van der Waals surface area contributed by atoms with E-state index in [1.807, 2.05) is 12.1 Å². The lowest BCUT2D eigenvalue weighted by Gasteiger charge is -2.30. The molecule has 0 saturated heterocycles. The summed E-state index contributed by atoms with van der Waals surface area (Å²) < 4.78 is 5.94. The highest BCUT2D eigenvalue weighted by Gasteiger charge is 2.25. The highest BCUT2D eigenvalue weighted by molar-refractivity contribution is 6.16. The van der Waals surface area contributed by atoms with Crippen LogP contribution in [0.15, 0.2) is 12.1 Å². The Morgan fingerprint density at radius 2 is 2.12 bits per heavy atom. The third-order valence-corrected chi connectivity index (χ3v) is 3.74. The third-order valence-electron chi connectivity index (χ3n) is 3.47. The predicted octanol–water partition coefficient (Wildman–Crippen LogP) is 3.56. The highest BCUT2D eigenvalue weighted by Crippen LogP contribution is 2.29. The van der Waals surface area contributed by atoms with Crippen LogP contribution in [-0.4, -0.2) is 16.3 Å². The Balaban J connectivity index is 1.98. The number of halogens is 1. The summed E-state index contributed by atoms with van der Waals surface area (Å²) in [5.41, 5.74) is 0.787. The Morgan fingerprint density at radius 1 is 1.29 bits per heavy atom. The first-order valence-electron chi connectivity index (χ1n) is 6.38. The van der Waals surface area contributed by atoms with Crippen LogP contribution in [0.2, 0.25) is 0 Å². The normalized spacial score (nSPS) is 24.6. The molecule has 1 aliphatic carbocycles. The fraction of sp³-hybridized carbons (Fsp3) is 0.692. The van der Waals surface area contributed by atoms with E-state index in [0.717, 1.165) is 12.1 Å². The van der Waals surface area contributed by atoms with Crippen LogP contribution in [0.3, 0.4) is 0 Å². The summed E-state index contributed by atoms with van der Waals surface area (Å²) in [4.78, 5) is 0. The number of hydrogen-bond donors (Lipinski definition) is 0. The van der Waals surface area contributed by atoms with E-state index in [9.17, 15) is 0 Å². The molecule has 0 radical (unpaired) electrons. The topological polar surface area (TPSA) is 35.0 Å². The molecular weight excluding hydrogens is 236 g/mol. The molecule has 1 fully saturated rings. The van der Waals surface area contributed by atoms with Gasteiger partial charge in [-0.05, 0) is 37.7 Å². The Morgan fingerprint density at radius 3 is 2.76 bits per heavy atom. The van der Waals surface area contributed by atoms with Crippen LogP contribution in [0, 0.1) is 5.92 Å². The Bertz CT molecular complexity index is 342. The molecule has 1 aromatic rings. The molecule has 17 heavy (non-hydrogen) atoms. The highest BCUT2D eigenvalue weighted by atomic mass is 35.5. The zero-order valence-electron chi connectivity index (χ0n) is 10.2. The fourth-order valence-electron chi connectivity index (χ4n) is 2.43. The Labute approximate surface area is 108 Å². The lowest BCUT2D eigenvalue weighted by molar-refractivity contribution is 0.0848. The van der Waals surface area contributed by atoms with Crippen molar-refractivity contribution in [2.75, 3.05) is 0 Å². The Hall–Kier alpha value is -0.830. The lowest BCUT2D eigenvalue weighted by atomic mass is 9.85. The molecule has 1 saturated carbocycles. The number of nitrogens with zero attached hydrogens (tertiary/aromatic N) is 2. The van der Waals surface area contributed by atoms with Crippen LogP contribution in [0.1, 0.15) is 44.7 Å². The van der Waals surface area contributed by atoms with Crippen molar-refractivity contribution in [1.82, 2.24) is 10.2 Å². The zero-order valence-corrected chi connectivity index (χ0v) is 11.0. The van der Waals surface area contributed by atoms with Gasteiger partial charge in [-0.25, -0.2) is 0 Å². The summed E-state index contributed by atoms with van der Waals surface area (Å²) in [5.74, 6) is 1.69. The van der Waals surface area contributed by atoms with Crippen LogP contribution in [0.5, 0.6) is 5.88 Å². The van der Waals surface area contributed by atoms with Crippen LogP contribution in [-0.2, 0) is 5.88 Å². The number of ether oxygens (including phenoxy) is 1. The van der Waals surface area contributed by atoms with Gasteiger partial charge in [0.2, 0.25) is 5.88 Å². The summed E-state index contributed by atoms with van der Waals surface area (Å²) in [6.45, 7) is 2.23. The largest absolute Gasteiger partial charge is 0.473 e. The standard InChI is InChI=1S/C13H19ClN2O/c1-2-10-5-3-4-6-12(10)17-13-8-7-11(9-14)15-16-13/h7-8,10,12H,2-6,9H2,1H3. The molecule has 3 nitrogen and oxygen atoms in total. The second kappa shape index (κ2) is 6.20. The van der Waals surface area contributed by atoms with Crippen LogP contribution in [0.4, 0.5) is 0 Å². The molecule has 0 spiro atoms. The van der Waals surface area contributed by atoms with Gasteiger partial charge in [-0.15, -0.1) is 16.7 Å². The molecule has 94 valence electrons. The van der Waals surface area contributed by atoms with Gasteiger partial charge in [0.1, 0.15) is 6.10 Å². The molecule has 2 unspecified atom stereocenters. The van der Waals surface area contributed by atoms with Gasteiger partial charge in [-0.2, -0.15) is 5.10 Å². The summed E-state index contributed by atoms with van der Waals surface area (Å²) in [6.07, 6.45) is 6.48. The summed E-state index contributed by atoms with van der Waals surface area (Å²) in [5, 5.41) is 8.06. The van der Waals surface area contributed by atoms with Gasteiger partial charge in [0.15, 0.2) is 0 Å². The van der Waals surface area contributed by atoms with E-state index >= 15 is 0 Å². The van der Waals surface area contributed by atoms with Crippen molar-refractivity contribution in [2.24, 2.45) is 5.92 Å². The van der Waals surface area contributed by atoms with E-state index in [2.05, 4.69) is 17.1 Å². The van der Waals surface area contributed by atoms with Gasteiger partial charge in [-0.3, -0.25) is 0 Å². The molecule has 0 N–H and O–H groups in total. The van der Waals surface area contributed by atoms with Crippen LogP contribution < -0.4 is 4.74 Å². The predicted molar refractivity (Wildman–Crippen MR) is 68.3 cm³/mol. The molecule has 0 bridgehead atoms. The lowest BCUT2D eigenvalue weighted by Crippen LogP contribution is -2.30. The van der Waals surface area contributed by atoms with E-state index in [0.29, 0.717) is 23.8 Å². The molecule has 1 aromatic heterocycles. The number of alkyl halides is 1. The van der Waals surface area contributed by atoms with Gasteiger partial charge in [0.25, 0.3) is 0 Å². The number of rotatable bonds is 4. The second-order valence-electron chi connectivity index (χ2n) is 4.61. The minimum absolute atomic E-state index is 0.310. The van der Waals surface area contributed by atoms with Crippen molar-refractivity contribution in [3.63, 3.8) is 0 Å². The molecular formula is C13H19ClN2O. The SMILES string of the molecule is CCC1CCCCC1Oc1ccc(CCl)nn1. The van der Waals surface area contributed by atoms with Gasteiger partial charge in [0.05, 0.1) is 11.6 Å². The zero-order chi connectivity index (χ0) is 12.1. The molecule has 0 aromatic carbocycles. The maximum atomic E-state index is 5.94. The minimum atomic E-state index is 0.310. The first kappa shape index (κ1) is 12.6. The van der Waals surface area contributed by atoms with Crippen molar-refractivity contribution in [2.45, 2.75) is 51.0 Å². The monoisotopic (exact) mass is 254 g/mol. The van der Waals surface area contributed by atoms with Gasteiger partial charge >= 0.3 is 0 Å². The summed E-state index contributed by atoms with van der Waals surface area (Å²) >= 11 is 5.67. The minimum Gasteiger partial charge on any atom is -0.473 e. The van der Waals surface area contributed by atoms with E-state index < -0.39 is 0 Å². The van der Waals surface area contributed by atoms with E-state index in [-0.39, 0.29) is 0 Å². The maximum Gasteiger partial charge on any atom is 0.233 e. The van der Waals surface area contributed by atoms with E-state index in [1.54, 1.807) is 0 Å². The van der Waals surface area contributed by atoms with Crippen molar-refractivity contribution in [1.29, 1.82) is 0 Å². The first-order valence-corrected chi connectivity index (χ1v) is 6.92. The van der Waals surface area contributed by atoms with Crippen molar-refractivity contribution in [3.8, 4) is 5.88 Å². The molecule has 2 atom stereocenters. The summed E-state index contributed by atoms with van der Waals surface area (Å²) in [6, 6.07) is 3.74. The first-order chi connectivity index (χ1) is 8.33. The molecule has 1 heterocycles. The van der Waals surface area contributed by atoms with Crippen LogP contribution in [0.25, 0.3) is 0 Å². The second-order valence-corrected chi connectivity index (χ2v) is 4.87. The number of hydrogen-bond acceptors (Lipinski definition) is 3. The van der Waals surface area contributed by atoms with Crippen LogP contribution >= 0.6 is 11.6 Å². The smallest absolute Gasteiger partial charge is 0.233 e. The van der Waals surface area contributed by atoms with E-state index in [1.165, 1.54) is 25.7 Å². The third kappa shape index (κ3) is 3.32. The molecule has 2 rings (SSSR count). The number of aromatic nitrogens is 2. The Kier molecular flexibility index (Phi) is 4.60. The average molecular weight is 255 g/mol. The van der Waals surface area contributed by atoms with Gasteiger partial charge < -0.3 is 4.74 Å². The van der Waals surface area contributed by atoms with Crippen molar-refractivity contribution < 1.29 is 4.74 Å². The maximum absolute atomic E-state index is 5.94. The van der Waals surface area contributed by atoms with Crippen molar-refractivity contribution >= 4 is 11.6 Å². The molecule has 4 heteroatoms. The van der Waals surface area contributed by atoms with E-state index in [4.69, 9.17) is 16.3 Å².